The van der Waals surface area contributed by atoms with Gasteiger partial charge in [-0.1, -0.05) is 40.2 Å². The second-order valence-corrected chi connectivity index (χ2v) is 5.91. The van der Waals surface area contributed by atoms with E-state index in [-0.39, 0.29) is 10.8 Å². The largest absolute Gasteiger partial charge is 0.220 e. The Balaban J connectivity index is 2.00. The fourth-order valence-electron chi connectivity index (χ4n) is 1.85. The first-order chi connectivity index (χ1) is 9.27. The molecule has 0 radical (unpaired) electrons. The average molecular weight is 337 g/mol. The van der Waals surface area contributed by atoms with Gasteiger partial charge in [-0.05, 0) is 23.6 Å². The second kappa shape index (κ2) is 5.27. The zero-order chi connectivity index (χ0) is 13.2. The van der Waals surface area contributed by atoms with Crippen LogP contribution in [-0.4, -0.2) is 9.78 Å². The van der Waals surface area contributed by atoms with Crippen molar-refractivity contribution < 1.29 is 4.39 Å². The summed E-state index contributed by atoms with van der Waals surface area (Å²) in [7, 11) is 0. The monoisotopic (exact) mass is 336 g/mol. The number of alkyl halides is 1. The van der Waals surface area contributed by atoms with Gasteiger partial charge in [-0.25, -0.2) is 4.68 Å². The molecule has 0 spiro atoms. The maximum atomic E-state index is 14.4. The molecule has 0 aliphatic heterocycles. The molecule has 0 amide bonds. The van der Waals surface area contributed by atoms with Crippen molar-refractivity contribution in [3.63, 3.8) is 0 Å². The van der Waals surface area contributed by atoms with E-state index in [4.69, 9.17) is 0 Å². The highest BCUT2D eigenvalue weighted by atomic mass is 79.9. The van der Waals surface area contributed by atoms with E-state index in [1.54, 1.807) is 17.5 Å². The predicted octanol–water partition coefficient (Wildman–Crippen LogP) is 4.56. The molecular weight excluding hydrogens is 327 g/mol. The van der Waals surface area contributed by atoms with Crippen LogP contribution in [0.15, 0.2) is 54.0 Å². The summed E-state index contributed by atoms with van der Waals surface area (Å²) >= 11 is 5.12. The Morgan fingerprint density at radius 1 is 1.16 bits per heavy atom. The Bertz CT molecular complexity index is 664. The SMILES string of the molecule is Fc1c(C(Br)c2cccs2)cnn1-c1ccccc1. The quantitative estimate of drug-likeness (QED) is 0.641. The minimum Gasteiger partial charge on any atom is -0.206 e. The number of thiophene rings is 1. The third-order valence-electron chi connectivity index (χ3n) is 2.80. The van der Waals surface area contributed by atoms with Crippen molar-refractivity contribution in [1.82, 2.24) is 9.78 Å². The van der Waals surface area contributed by atoms with Crippen molar-refractivity contribution in [2.24, 2.45) is 0 Å². The van der Waals surface area contributed by atoms with Crippen molar-refractivity contribution >= 4 is 27.3 Å². The van der Waals surface area contributed by atoms with Gasteiger partial charge < -0.3 is 0 Å². The molecule has 0 fully saturated rings. The molecule has 2 nitrogen and oxygen atoms in total. The number of nitrogens with zero attached hydrogens (tertiary/aromatic N) is 2. The van der Waals surface area contributed by atoms with Gasteiger partial charge in [0.1, 0.15) is 0 Å². The van der Waals surface area contributed by atoms with Crippen molar-refractivity contribution in [2.75, 3.05) is 0 Å². The molecule has 2 heterocycles. The zero-order valence-corrected chi connectivity index (χ0v) is 12.2. The fourth-order valence-corrected chi connectivity index (χ4v) is 3.36. The Kier molecular flexibility index (Phi) is 3.48. The van der Waals surface area contributed by atoms with Gasteiger partial charge in [0.15, 0.2) is 0 Å². The van der Waals surface area contributed by atoms with Crippen LogP contribution in [-0.2, 0) is 0 Å². The maximum absolute atomic E-state index is 14.4. The van der Waals surface area contributed by atoms with Gasteiger partial charge in [-0.15, -0.1) is 11.3 Å². The van der Waals surface area contributed by atoms with Crippen LogP contribution >= 0.6 is 27.3 Å². The molecule has 0 aliphatic rings. The molecule has 19 heavy (non-hydrogen) atoms. The molecule has 5 heteroatoms. The van der Waals surface area contributed by atoms with E-state index >= 15 is 0 Å². The van der Waals surface area contributed by atoms with Crippen LogP contribution in [0.5, 0.6) is 0 Å². The van der Waals surface area contributed by atoms with Gasteiger partial charge in [0.25, 0.3) is 0 Å². The highest BCUT2D eigenvalue weighted by Crippen LogP contribution is 2.35. The number of para-hydroxylation sites is 1. The second-order valence-electron chi connectivity index (χ2n) is 4.02. The van der Waals surface area contributed by atoms with Gasteiger partial charge in [0.2, 0.25) is 5.95 Å². The minimum absolute atomic E-state index is 0.162. The van der Waals surface area contributed by atoms with Crippen molar-refractivity contribution in [3.8, 4) is 5.69 Å². The fraction of sp³-hybridized carbons (Fsp3) is 0.0714. The zero-order valence-electron chi connectivity index (χ0n) is 9.83. The molecule has 3 rings (SSSR count). The molecular formula is C14H10BrFN2S. The molecule has 0 bridgehead atoms. The molecule has 1 atom stereocenters. The van der Waals surface area contributed by atoms with E-state index < -0.39 is 0 Å². The lowest BCUT2D eigenvalue weighted by atomic mass is 10.2. The first-order valence-electron chi connectivity index (χ1n) is 5.73. The van der Waals surface area contributed by atoms with E-state index in [0.717, 1.165) is 10.6 Å². The lowest BCUT2D eigenvalue weighted by molar-refractivity contribution is 0.528. The molecule has 0 aliphatic carbocycles. The van der Waals surface area contributed by atoms with Crippen LogP contribution in [0.3, 0.4) is 0 Å². The minimum atomic E-state index is -0.332. The Morgan fingerprint density at radius 3 is 2.63 bits per heavy atom. The smallest absolute Gasteiger partial charge is 0.206 e. The number of halogens is 2. The van der Waals surface area contributed by atoms with E-state index in [2.05, 4.69) is 21.0 Å². The molecule has 2 aromatic heterocycles. The maximum Gasteiger partial charge on any atom is 0.220 e. The summed E-state index contributed by atoms with van der Waals surface area (Å²) < 4.78 is 15.8. The van der Waals surface area contributed by atoms with Gasteiger partial charge >= 0.3 is 0 Å². The number of rotatable bonds is 3. The van der Waals surface area contributed by atoms with Crippen molar-refractivity contribution in [1.29, 1.82) is 0 Å². The topological polar surface area (TPSA) is 17.8 Å². The summed E-state index contributed by atoms with van der Waals surface area (Å²) in [5.41, 5.74) is 1.27. The summed E-state index contributed by atoms with van der Waals surface area (Å²) in [5.74, 6) is -0.332. The Hall–Kier alpha value is -1.46. The van der Waals surface area contributed by atoms with Crippen molar-refractivity contribution in [2.45, 2.75) is 4.83 Å². The molecule has 96 valence electrons. The standard InChI is InChI=1S/C14H10BrFN2S/c15-13(12-7-4-8-19-12)11-9-17-18(14(11)16)10-5-2-1-3-6-10/h1-9,13H. The molecule has 1 aromatic carbocycles. The lowest BCUT2D eigenvalue weighted by Crippen LogP contribution is -2.01. The summed E-state index contributed by atoms with van der Waals surface area (Å²) in [6.07, 6.45) is 1.57. The third-order valence-corrected chi connectivity index (χ3v) is 5.03. The molecule has 0 N–H and O–H groups in total. The summed E-state index contributed by atoms with van der Waals surface area (Å²) in [6, 6.07) is 13.2. The Morgan fingerprint density at radius 2 is 1.95 bits per heavy atom. The van der Waals surface area contributed by atoms with Crippen LogP contribution < -0.4 is 0 Å². The number of hydrogen-bond donors (Lipinski definition) is 0. The van der Waals surface area contributed by atoms with Gasteiger partial charge in [-0.2, -0.15) is 9.49 Å². The van der Waals surface area contributed by atoms with E-state index in [9.17, 15) is 4.39 Å². The normalized spacial score (nSPS) is 12.5. The number of aromatic nitrogens is 2. The van der Waals surface area contributed by atoms with Crippen LogP contribution in [0, 0.1) is 5.95 Å². The first kappa shape index (κ1) is 12.6. The number of benzene rings is 1. The van der Waals surface area contributed by atoms with Crippen LogP contribution in [0.4, 0.5) is 4.39 Å². The van der Waals surface area contributed by atoms with Gasteiger partial charge in [0, 0.05) is 10.4 Å². The number of hydrogen-bond acceptors (Lipinski definition) is 2. The average Bonchev–Trinajstić information content (AvgIpc) is 3.08. The molecule has 0 saturated carbocycles. The third kappa shape index (κ3) is 2.35. The Labute approximate surface area is 122 Å². The molecule has 1 unspecified atom stereocenters. The van der Waals surface area contributed by atoms with Gasteiger partial charge in [-0.3, -0.25) is 0 Å². The summed E-state index contributed by atoms with van der Waals surface area (Å²) in [4.78, 5) is 0.900. The van der Waals surface area contributed by atoms with Crippen LogP contribution in [0.1, 0.15) is 15.3 Å². The predicted molar refractivity (Wildman–Crippen MR) is 78.6 cm³/mol. The lowest BCUT2D eigenvalue weighted by Gasteiger charge is -2.06. The highest BCUT2D eigenvalue weighted by Gasteiger charge is 2.20. The van der Waals surface area contributed by atoms with Crippen molar-refractivity contribution in [3.05, 3.63) is 70.4 Å². The van der Waals surface area contributed by atoms with Crippen LogP contribution in [0.2, 0.25) is 0 Å². The summed E-state index contributed by atoms with van der Waals surface area (Å²) in [5, 5.41) is 6.11. The highest BCUT2D eigenvalue weighted by molar-refractivity contribution is 9.09. The van der Waals surface area contributed by atoms with E-state index in [1.807, 2.05) is 47.8 Å². The van der Waals surface area contributed by atoms with Crippen LogP contribution in [0.25, 0.3) is 5.69 Å². The van der Waals surface area contributed by atoms with E-state index in [0.29, 0.717) is 5.56 Å². The summed E-state index contributed by atoms with van der Waals surface area (Å²) in [6.45, 7) is 0. The molecule has 3 aromatic rings. The van der Waals surface area contributed by atoms with Gasteiger partial charge in [0.05, 0.1) is 16.7 Å². The van der Waals surface area contributed by atoms with E-state index in [1.165, 1.54) is 4.68 Å². The molecule has 0 saturated heterocycles. The first-order valence-corrected chi connectivity index (χ1v) is 7.53.